The van der Waals surface area contributed by atoms with E-state index < -0.39 is 6.10 Å². The zero-order valence-corrected chi connectivity index (χ0v) is 14.5. The molecule has 18 heavy (non-hydrogen) atoms. The molecule has 0 fully saturated rings. The van der Waals surface area contributed by atoms with Crippen molar-refractivity contribution < 1.29 is 9.84 Å². The van der Waals surface area contributed by atoms with Crippen LogP contribution < -0.4 is 10.5 Å². The third-order valence-electron chi connectivity index (χ3n) is 2.33. The van der Waals surface area contributed by atoms with Gasteiger partial charge in [0.1, 0.15) is 18.5 Å². The molecule has 0 saturated carbocycles. The number of aliphatic hydroxyl groups is 1. The van der Waals surface area contributed by atoms with Crippen molar-refractivity contribution in [2.24, 2.45) is 5.73 Å². The van der Waals surface area contributed by atoms with Crippen LogP contribution >= 0.6 is 47.8 Å². The minimum Gasteiger partial charge on any atom is -0.491 e. The van der Waals surface area contributed by atoms with Gasteiger partial charge in [-0.3, -0.25) is 0 Å². The molecule has 0 aromatic heterocycles. The monoisotopic (exact) mass is 443 g/mol. The topological polar surface area (TPSA) is 55.5 Å². The Bertz CT molecular complexity index is 376. The fourth-order valence-electron chi connectivity index (χ4n) is 1.40. The molecule has 2 atom stereocenters. The van der Waals surface area contributed by atoms with Gasteiger partial charge in [-0.15, -0.1) is 0 Å². The molecule has 0 amide bonds. The maximum Gasteiger partial charge on any atom is 0.122 e. The maximum atomic E-state index is 9.42. The Morgan fingerprint density at radius 3 is 2.72 bits per heavy atom. The average Bonchev–Trinajstić information content (AvgIpc) is 2.37. The second-order valence-corrected chi connectivity index (χ2v) is 6.77. The summed E-state index contributed by atoms with van der Waals surface area (Å²) in [4.78, 5) is 0.341. The molecule has 0 bridgehead atoms. The van der Waals surface area contributed by atoms with Crippen molar-refractivity contribution >= 4 is 47.8 Å². The Morgan fingerprint density at radius 1 is 1.39 bits per heavy atom. The van der Waals surface area contributed by atoms with E-state index in [2.05, 4.69) is 47.8 Å². The van der Waals surface area contributed by atoms with Crippen LogP contribution in [-0.2, 0) is 6.42 Å². The molecule has 0 radical (unpaired) electrons. The van der Waals surface area contributed by atoms with E-state index in [1.165, 1.54) is 0 Å². The first-order valence-corrected chi connectivity index (χ1v) is 8.39. The van der Waals surface area contributed by atoms with Gasteiger partial charge in [-0.2, -0.15) is 0 Å². The van der Waals surface area contributed by atoms with Gasteiger partial charge in [0.05, 0.1) is 0 Å². The second kappa shape index (κ2) is 8.53. The quantitative estimate of drug-likeness (QED) is 0.634. The minimum atomic E-state index is -0.627. The van der Waals surface area contributed by atoms with Gasteiger partial charge >= 0.3 is 0 Å². The summed E-state index contributed by atoms with van der Waals surface area (Å²) >= 11 is 10.5. The number of rotatable bonds is 7. The molecule has 1 aromatic rings. The number of hydrogen-bond acceptors (Lipinski definition) is 3. The molecule has 0 saturated heterocycles. The molecule has 0 aliphatic heterocycles. The van der Waals surface area contributed by atoms with Crippen LogP contribution in [0.2, 0.25) is 0 Å². The summed E-state index contributed by atoms with van der Waals surface area (Å²) in [5, 5.41) is 10.3. The number of alkyl halides is 2. The van der Waals surface area contributed by atoms with E-state index in [9.17, 15) is 5.11 Å². The molecule has 3 N–H and O–H groups in total. The van der Waals surface area contributed by atoms with E-state index >= 15 is 0 Å². The highest BCUT2D eigenvalue weighted by Crippen LogP contribution is 2.26. The van der Waals surface area contributed by atoms with Crippen LogP contribution in [0.15, 0.2) is 22.7 Å². The molecule has 0 aliphatic carbocycles. The molecule has 102 valence electrons. The lowest BCUT2D eigenvalue weighted by atomic mass is 10.1. The third kappa shape index (κ3) is 5.57. The number of hydrogen-bond donors (Lipinski definition) is 2. The third-order valence-corrected chi connectivity index (χ3v) is 5.13. The van der Waals surface area contributed by atoms with Crippen LogP contribution in [0.25, 0.3) is 0 Å². The van der Waals surface area contributed by atoms with Crippen LogP contribution in [0, 0.1) is 0 Å². The van der Waals surface area contributed by atoms with Crippen LogP contribution in [0.4, 0.5) is 0 Å². The number of nitrogens with two attached hydrogens (primary N) is 1. The SMILES string of the molecule is NCC(O)COc1ccc(Br)cc1CC(Br)CBr. The molecule has 0 aliphatic rings. The van der Waals surface area contributed by atoms with Crippen molar-refractivity contribution in [2.75, 3.05) is 18.5 Å². The molecule has 0 heterocycles. The highest BCUT2D eigenvalue weighted by atomic mass is 79.9. The smallest absolute Gasteiger partial charge is 0.122 e. The summed E-state index contributed by atoms with van der Waals surface area (Å²) in [6.07, 6.45) is 0.219. The summed E-state index contributed by atoms with van der Waals surface area (Å²) in [6, 6.07) is 5.85. The summed E-state index contributed by atoms with van der Waals surface area (Å²) in [5.74, 6) is 0.788. The normalized spacial score (nSPS) is 14.3. The Kier molecular flexibility index (Phi) is 7.79. The summed E-state index contributed by atoms with van der Waals surface area (Å²) < 4.78 is 6.62. The van der Waals surface area contributed by atoms with Gasteiger partial charge in [0.2, 0.25) is 0 Å². The lowest BCUT2D eigenvalue weighted by Crippen LogP contribution is -2.26. The van der Waals surface area contributed by atoms with E-state index in [1.54, 1.807) is 0 Å². The minimum absolute atomic E-state index is 0.203. The predicted octanol–water partition coefficient (Wildman–Crippen LogP) is 2.85. The molecule has 0 spiro atoms. The van der Waals surface area contributed by atoms with Gasteiger partial charge in [-0.25, -0.2) is 0 Å². The fourth-order valence-corrected chi connectivity index (χ4v) is 2.38. The van der Waals surface area contributed by atoms with Crippen LogP contribution in [0.1, 0.15) is 5.56 Å². The number of aliphatic hydroxyl groups excluding tert-OH is 1. The van der Waals surface area contributed by atoms with Gasteiger partial charge in [0, 0.05) is 21.2 Å². The summed E-state index contributed by atoms with van der Waals surface area (Å²) in [5.41, 5.74) is 6.44. The largest absolute Gasteiger partial charge is 0.491 e. The van der Waals surface area contributed by atoms with Gasteiger partial charge in [-0.1, -0.05) is 47.8 Å². The molecular formula is C12H16Br3NO2. The standard InChI is InChI=1S/C12H16Br3NO2/c13-5-10(15)4-8-3-9(14)1-2-12(8)18-7-11(17)6-16/h1-3,10-11,17H,4-7,16H2. The van der Waals surface area contributed by atoms with Crippen molar-refractivity contribution in [3.8, 4) is 5.75 Å². The fraction of sp³-hybridized carbons (Fsp3) is 0.500. The van der Waals surface area contributed by atoms with Crippen molar-refractivity contribution in [3.63, 3.8) is 0 Å². The number of ether oxygens (including phenoxy) is 1. The molecule has 3 nitrogen and oxygen atoms in total. The lowest BCUT2D eigenvalue weighted by molar-refractivity contribution is 0.113. The predicted molar refractivity (Wildman–Crippen MR) is 84.9 cm³/mol. The molecule has 6 heteroatoms. The summed E-state index contributed by atoms with van der Waals surface area (Å²) in [6.45, 7) is 0.417. The van der Waals surface area contributed by atoms with Crippen molar-refractivity contribution in [2.45, 2.75) is 17.4 Å². The Hall–Kier alpha value is 0.380. The number of benzene rings is 1. The van der Waals surface area contributed by atoms with Gasteiger partial charge in [0.15, 0.2) is 0 Å². The van der Waals surface area contributed by atoms with E-state index in [-0.39, 0.29) is 13.2 Å². The molecule has 1 aromatic carbocycles. The van der Waals surface area contributed by atoms with Gasteiger partial charge < -0.3 is 15.6 Å². The van der Waals surface area contributed by atoms with Crippen LogP contribution in [-0.4, -0.2) is 34.5 Å². The first-order valence-electron chi connectivity index (χ1n) is 5.56. The highest BCUT2D eigenvalue weighted by molar-refractivity contribution is 9.12. The van der Waals surface area contributed by atoms with Gasteiger partial charge in [-0.05, 0) is 30.2 Å². The second-order valence-electron chi connectivity index (χ2n) is 3.91. The molecular weight excluding hydrogens is 430 g/mol. The molecule has 2 unspecified atom stereocenters. The van der Waals surface area contributed by atoms with Gasteiger partial charge in [0.25, 0.3) is 0 Å². The average molecular weight is 446 g/mol. The van der Waals surface area contributed by atoms with Crippen molar-refractivity contribution in [1.29, 1.82) is 0 Å². The maximum absolute atomic E-state index is 9.42. The Labute approximate surface area is 132 Å². The zero-order chi connectivity index (χ0) is 13.5. The van der Waals surface area contributed by atoms with Crippen molar-refractivity contribution in [3.05, 3.63) is 28.2 Å². The zero-order valence-electron chi connectivity index (χ0n) is 9.78. The van der Waals surface area contributed by atoms with Crippen molar-refractivity contribution in [1.82, 2.24) is 0 Å². The van der Waals surface area contributed by atoms with Crippen LogP contribution in [0.3, 0.4) is 0 Å². The van der Waals surface area contributed by atoms with E-state index in [1.807, 2.05) is 18.2 Å². The lowest BCUT2D eigenvalue weighted by Gasteiger charge is -2.15. The number of halogens is 3. The first-order chi connectivity index (χ1) is 8.56. The summed E-state index contributed by atoms with van der Waals surface area (Å²) in [7, 11) is 0. The van der Waals surface area contributed by atoms with E-state index in [0.29, 0.717) is 4.83 Å². The Morgan fingerprint density at radius 2 is 2.11 bits per heavy atom. The highest BCUT2D eigenvalue weighted by Gasteiger charge is 2.11. The first kappa shape index (κ1) is 16.4. The van der Waals surface area contributed by atoms with E-state index in [0.717, 1.165) is 27.5 Å². The van der Waals surface area contributed by atoms with E-state index in [4.69, 9.17) is 10.5 Å². The Balaban J connectivity index is 2.76. The van der Waals surface area contributed by atoms with Crippen LogP contribution in [0.5, 0.6) is 5.75 Å². The molecule has 1 rings (SSSR count).